The number of H-pyrrole nitrogens is 1. The van der Waals surface area contributed by atoms with E-state index in [1.165, 1.54) is 19.5 Å². The molecule has 3 rings (SSSR count). The number of ether oxygens (including phenoxy) is 1. The number of nitrogens with one attached hydrogen (secondary N) is 1. The van der Waals surface area contributed by atoms with E-state index in [-0.39, 0.29) is 21.9 Å². The maximum absolute atomic E-state index is 12.8. The quantitative estimate of drug-likeness (QED) is 0.424. The maximum atomic E-state index is 12.8. The number of nitro benzene ring substituents is 1. The van der Waals surface area contributed by atoms with Gasteiger partial charge in [0, 0.05) is 0 Å². The first kappa shape index (κ1) is 14.8. The summed E-state index contributed by atoms with van der Waals surface area (Å²) >= 11 is 0. The normalized spacial score (nSPS) is 11.5. The minimum Gasteiger partial charge on any atom is -0.497 e. The van der Waals surface area contributed by atoms with E-state index >= 15 is 0 Å². The molecule has 10 nitrogen and oxygen atoms in total. The van der Waals surface area contributed by atoms with Crippen LogP contribution in [0.5, 0.6) is 5.75 Å². The summed E-state index contributed by atoms with van der Waals surface area (Å²) in [6, 6.07) is 3.47. The minimum absolute atomic E-state index is 0.0811. The summed E-state index contributed by atoms with van der Waals surface area (Å²) in [5, 5.41) is 10.8. The van der Waals surface area contributed by atoms with Crippen molar-refractivity contribution in [3.8, 4) is 5.75 Å². The fraction of sp³-hybridized carbons (Fsp3) is 0.0833. The summed E-state index contributed by atoms with van der Waals surface area (Å²) < 4.78 is 30.5. The molecule has 0 aliphatic carbocycles. The molecule has 3 aromatic rings. The van der Waals surface area contributed by atoms with Crippen LogP contribution >= 0.6 is 0 Å². The van der Waals surface area contributed by atoms with Crippen LogP contribution in [-0.4, -0.2) is 40.4 Å². The predicted molar refractivity (Wildman–Crippen MR) is 76.8 cm³/mol. The molecule has 0 aliphatic rings. The molecule has 1 aromatic carbocycles. The molecule has 118 valence electrons. The molecule has 2 heterocycles. The lowest BCUT2D eigenvalue weighted by molar-refractivity contribution is -0.387. The fourth-order valence-corrected chi connectivity index (χ4v) is 3.51. The van der Waals surface area contributed by atoms with Gasteiger partial charge in [0.2, 0.25) is 9.84 Å². The third-order valence-corrected chi connectivity index (χ3v) is 4.84. The molecule has 23 heavy (non-hydrogen) atoms. The summed E-state index contributed by atoms with van der Waals surface area (Å²) in [5.41, 5.74) is -0.372. The highest BCUT2D eigenvalue weighted by atomic mass is 32.2. The van der Waals surface area contributed by atoms with Crippen LogP contribution in [0.2, 0.25) is 0 Å². The Morgan fingerprint density at radius 3 is 2.74 bits per heavy atom. The molecule has 0 spiro atoms. The number of nitrogens with zero attached hydrogens (tertiary/aromatic N) is 4. The molecule has 11 heteroatoms. The second-order valence-electron chi connectivity index (χ2n) is 4.37. The number of benzene rings is 1. The Kier molecular flexibility index (Phi) is 3.41. The van der Waals surface area contributed by atoms with Crippen LogP contribution in [-0.2, 0) is 9.84 Å². The van der Waals surface area contributed by atoms with Crippen molar-refractivity contribution in [2.75, 3.05) is 7.11 Å². The lowest BCUT2D eigenvalue weighted by Gasteiger charge is -2.07. The molecule has 0 fully saturated rings. The lowest BCUT2D eigenvalue weighted by Crippen LogP contribution is -2.09. The standard InChI is InChI=1S/C12H9N5O5S/c1-22-7-2-3-9(8(4-7)17(18)19)23(20,21)12-10-11(14-5-13-10)15-6-16-12/h2-6H,1H3,(H,13,14,15,16). The molecular weight excluding hydrogens is 326 g/mol. The first-order valence-electron chi connectivity index (χ1n) is 6.16. The minimum atomic E-state index is -4.26. The number of fused-ring (bicyclic) bond motifs is 1. The zero-order chi connectivity index (χ0) is 16.6. The zero-order valence-corrected chi connectivity index (χ0v) is 12.4. The monoisotopic (exact) mass is 335 g/mol. The van der Waals surface area contributed by atoms with Crippen LogP contribution in [0, 0.1) is 10.1 Å². The van der Waals surface area contributed by atoms with Crippen LogP contribution in [0.25, 0.3) is 11.2 Å². The van der Waals surface area contributed by atoms with Gasteiger partial charge in [0.15, 0.2) is 15.6 Å². The highest BCUT2D eigenvalue weighted by molar-refractivity contribution is 7.91. The number of hydrogen-bond donors (Lipinski definition) is 1. The van der Waals surface area contributed by atoms with Crippen molar-refractivity contribution in [3.63, 3.8) is 0 Å². The van der Waals surface area contributed by atoms with Crippen molar-refractivity contribution in [1.82, 2.24) is 19.9 Å². The Morgan fingerprint density at radius 2 is 2.04 bits per heavy atom. The van der Waals surface area contributed by atoms with Gasteiger partial charge in [0.1, 0.15) is 17.6 Å². The van der Waals surface area contributed by atoms with Crippen LogP contribution in [0.3, 0.4) is 0 Å². The Hall–Kier alpha value is -3.08. The molecule has 0 saturated carbocycles. The second kappa shape index (κ2) is 5.28. The molecule has 0 amide bonds. The van der Waals surface area contributed by atoms with Gasteiger partial charge < -0.3 is 9.72 Å². The number of rotatable bonds is 4. The number of hydrogen-bond acceptors (Lipinski definition) is 8. The first-order valence-corrected chi connectivity index (χ1v) is 7.65. The van der Waals surface area contributed by atoms with Crippen LogP contribution in [0.1, 0.15) is 0 Å². The zero-order valence-electron chi connectivity index (χ0n) is 11.6. The molecule has 0 aliphatic heterocycles. The third kappa shape index (κ3) is 2.36. The van der Waals surface area contributed by atoms with Crippen LogP contribution in [0.15, 0.2) is 40.8 Å². The van der Waals surface area contributed by atoms with Gasteiger partial charge in [-0.05, 0) is 12.1 Å². The topological polar surface area (TPSA) is 141 Å². The van der Waals surface area contributed by atoms with Crippen LogP contribution in [0.4, 0.5) is 5.69 Å². The molecule has 1 N–H and O–H groups in total. The summed E-state index contributed by atoms with van der Waals surface area (Å²) in [4.78, 5) is 24.0. The Bertz CT molecular complexity index is 1010. The van der Waals surface area contributed by atoms with Crippen molar-refractivity contribution in [3.05, 3.63) is 41.0 Å². The molecule has 0 unspecified atom stereocenters. The van der Waals surface area contributed by atoms with Gasteiger partial charge in [-0.25, -0.2) is 23.4 Å². The van der Waals surface area contributed by atoms with E-state index in [0.717, 1.165) is 18.5 Å². The Labute approximate surface area is 129 Å². The third-order valence-electron chi connectivity index (χ3n) is 3.10. The SMILES string of the molecule is COc1ccc(S(=O)(=O)c2ncnc3nc[nH]c23)c([N+](=O)[O-])c1. The summed E-state index contributed by atoms with van der Waals surface area (Å²) in [6.07, 6.45) is 2.30. The van der Waals surface area contributed by atoms with Crippen molar-refractivity contribution >= 4 is 26.7 Å². The van der Waals surface area contributed by atoms with E-state index in [2.05, 4.69) is 19.9 Å². The number of sulfone groups is 1. The number of aromatic nitrogens is 4. The van der Waals surface area contributed by atoms with Crippen molar-refractivity contribution in [1.29, 1.82) is 0 Å². The number of aromatic amines is 1. The average molecular weight is 335 g/mol. The van der Waals surface area contributed by atoms with E-state index in [4.69, 9.17) is 4.74 Å². The van der Waals surface area contributed by atoms with Gasteiger partial charge in [0.05, 0.1) is 24.4 Å². The second-order valence-corrected chi connectivity index (χ2v) is 6.21. The van der Waals surface area contributed by atoms with E-state index in [0.29, 0.717) is 0 Å². The Morgan fingerprint density at radius 1 is 1.26 bits per heavy atom. The van der Waals surface area contributed by atoms with E-state index in [1.807, 2.05) is 0 Å². The highest BCUT2D eigenvalue weighted by Gasteiger charge is 2.31. The number of nitro groups is 1. The Balaban J connectivity index is 2.29. The van der Waals surface area contributed by atoms with E-state index < -0.39 is 25.3 Å². The van der Waals surface area contributed by atoms with Gasteiger partial charge in [-0.1, -0.05) is 0 Å². The molecule has 0 atom stereocenters. The molecular formula is C12H9N5O5S. The molecule has 2 aromatic heterocycles. The summed E-state index contributed by atoms with van der Waals surface area (Å²) in [7, 11) is -2.93. The van der Waals surface area contributed by atoms with Crippen molar-refractivity contribution in [2.45, 2.75) is 9.92 Å². The predicted octanol–water partition coefficient (Wildman–Crippen LogP) is 1.10. The molecule has 0 bridgehead atoms. The first-order chi connectivity index (χ1) is 10.9. The smallest absolute Gasteiger partial charge is 0.292 e. The van der Waals surface area contributed by atoms with Crippen molar-refractivity contribution < 1.29 is 18.1 Å². The fourth-order valence-electron chi connectivity index (χ4n) is 2.04. The van der Waals surface area contributed by atoms with Gasteiger partial charge in [-0.15, -0.1) is 0 Å². The largest absolute Gasteiger partial charge is 0.497 e. The molecule has 0 saturated heterocycles. The van der Waals surface area contributed by atoms with Gasteiger partial charge >= 0.3 is 0 Å². The summed E-state index contributed by atoms with van der Waals surface area (Å²) in [5.74, 6) is 0.171. The van der Waals surface area contributed by atoms with Gasteiger partial charge in [0.25, 0.3) is 5.69 Å². The maximum Gasteiger partial charge on any atom is 0.292 e. The molecule has 0 radical (unpaired) electrons. The van der Waals surface area contributed by atoms with Gasteiger partial charge in [-0.3, -0.25) is 10.1 Å². The van der Waals surface area contributed by atoms with Crippen molar-refractivity contribution in [2.24, 2.45) is 0 Å². The lowest BCUT2D eigenvalue weighted by atomic mass is 10.3. The highest BCUT2D eigenvalue weighted by Crippen LogP contribution is 2.33. The summed E-state index contributed by atoms with van der Waals surface area (Å²) in [6.45, 7) is 0. The van der Waals surface area contributed by atoms with Crippen LogP contribution < -0.4 is 4.74 Å². The van der Waals surface area contributed by atoms with E-state index in [1.54, 1.807) is 0 Å². The van der Waals surface area contributed by atoms with Gasteiger partial charge in [-0.2, -0.15) is 0 Å². The number of imidazole rings is 1. The number of methoxy groups -OCH3 is 1. The average Bonchev–Trinajstić information content (AvgIpc) is 3.02. The van der Waals surface area contributed by atoms with E-state index in [9.17, 15) is 18.5 Å².